The third kappa shape index (κ3) is 3.50. The Bertz CT molecular complexity index is 642. The van der Waals surface area contributed by atoms with Crippen molar-refractivity contribution in [1.82, 2.24) is 4.98 Å². The van der Waals surface area contributed by atoms with Gasteiger partial charge in [0.15, 0.2) is 0 Å². The molecule has 1 aromatic heterocycles. The highest BCUT2D eigenvalue weighted by Gasteiger charge is 2.12. The van der Waals surface area contributed by atoms with Gasteiger partial charge >= 0.3 is 0 Å². The first-order chi connectivity index (χ1) is 9.47. The smallest absolute Gasteiger partial charge is 0.257 e. The van der Waals surface area contributed by atoms with Crippen molar-refractivity contribution in [2.45, 2.75) is 19.8 Å². The summed E-state index contributed by atoms with van der Waals surface area (Å²) in [4.78, 5) is 16.0. The molecule has 3 nitrogen and oxygen atoms in total. The quantitative estimate of drug-likeness (QED) is 0.830. The standard InChI is InChI=1S/C15H14Cl2N2O/c1-9(2)10-4-3-5-11(6-10)19-15(20)12-7-14(17)18-8-13(12)16/h3-9H,1-2H3,(H,19,20). The van der Waals surface area contributed by atoms with Gasteiger partial charge in [-0.1, -0.05) is 49.2 Å². The fraction of sp³-hybridized carbons (Fsp3) is 0.200. The normalized spacial score (nSPS) is 10.7. The van der Waals surface area contributed by atoms with Crippen molar-refractivity contribution in [1.29, 1.82) is 0 Å². The van der Waals surface area contributed by atoms with Crippen molar-refractivity contribution in [3.63, 3.8) is 0 Å². The zero-order chi connectivity index (χ0) is 14.7. The van der Waals surface area contributed by atoms with Gasteiger partial charge in [-0.2, -0.15) is 0 Å². The SMILES string of the molecule is CC(C)c1cccc(NC(=O)c2cc(Cl)ncc2Cl)c1. The summed E-state index contributed by atoms with van der Waals surface area (Å²) in [5.74, 6) is 0.0889. The number of pyridine rings is 1. The lowest BCUT2D eigenvalue weighted by Gasteiger charge is -2.10. The Morgan fingerprint density at radius 3 is 2.70 bits per heavy atom. The third-order valence-corrected chi connectivity index (χ3v) is 3.39. The fourth-order valence-electron chi connectivity index (χ4n) is 1.76. The fourth-order valence-corrected chi connectivity index (χ4v) is 2.11. The number of benzene rings is 1. The van der Waals surface area contributed by atoms with Crippen molar-refractivity contribution < 1.29 is 4.79 Å². The Labute approximate surface area is 127 Å². The molecule has 104 valence electrons. The van der Waals surface area contributed by atoms with Crippen LogP contribution >= 0.6 is 23.2 Å². The zero-order valence-corrected chi connectivity index (χ0v) is 12.7. The zero-order valence-electron chi connectivity index (χ0n) is 11.2. The summed E-state index contributed by atoms with van der Waals surface area (Å²) in [6.07, 6.45) is 1.36. The Hall–Kier alpha value is -1.58. The number of halogens is 2. The molecule has 0 spiro atoms. The molecule has 1 aromatic carbocycles. The second kappa shape index (κ2) is 6.25. The molecule has 2 rings (SSSR count). The molecule has 1 amide bonds. The molecule has 0 unspecified atom stereocenters. The largest absolute Gasteiger partial charge is 0.322 e. The number of hydrogen-bond acceptors (Lipinski definition) is 2. The molecule has 0 saturated carbocycles. The first-order valence-corrected chi connectivity index (χ1v) is 6.95. The van der Waals surface area contributed by atoms with E-state index in [0.717, 1.165) is 11.3 Å². The molecule has 5 heteroatoms. The number of anilines is 1. The van der Waals surface area contributed by atoms with Gasteiger partial charge in [-0.3, -0.25) is 4.79 Å². The number of hydrogen-bond donors (Lipinski definition) is 1. The van der Waals surface area contributed by atoms with Gasteiger partial charge in [-0.25, -0.2) is 4.98 Å². The van der Waals surface area contributed by atoms with E-state index in [1.165, 1.54) is 12.3 Å². The van der Waals surface area contributed by atoms with Gasteiger partial charge in [0, 0.05) is 11.9 Å². The minimum absolute atomic E-state index is 0.232. The van der Waals surface area contributed by atoms with Gasteiger partial charge in [0.1, 0.15) is 5.15 Å². The molecule has 1 N–H and O–H groups in total. The van der Waals surface area contributed by atoms with Crippen LogP contribution in [0.2, 0.25) is 10.2 Å². The third-order valence-electron chi connectivity index (χ3n) is 2.88. The van der Waals surface area contributed by atoms with Crippen LogP contribution < -0.4 is 5.32 Å². The van der Waals surface area contributed by atoms with Gasteiger partial charge < -0.3 is 5.32 Å². The van der Waals surface area contributed by atoms with E-state index in [4.69, 9.17) is 23.2 Å². The lowest BCUT2D eigenvalue weighted by atomic mass is 10.0. The van der Waals surface area contributed by atoms with Gasteiger partial charge in [0.25, 0.3) is 5.91 Å². The van der Waals surface area contributed by atoms with E-state index in [1.807, 2.05) is 24.3 Å². The van der Waals surface area contributed by atoms with Crippen molar-refractivity contribution >= 4 is 34.8 Å². The van der Waals surface area contributed by atoms with Gasteiger partial charge in [-0.15, -0.1) is 0 Å². The molecule has 0 saturated heterocycles. The predicted molar refractivity (Wildman–Crippen MR) is 82.7 cm³/mol. The van der Waals surface area contributed by atoms with E-state index in [0.29, 0.717) is 11.5 Å². The highest BCUT2D eigenvalue weighted by atomic mass is 35.5. The van der Waals surface area contributed by atoms with Crippen LogP contribution in [0.4, 0.5) is 5.69 Å². The van der Waals surface area contributed by atoms with Crippen LogP contribution in [-0.4, -0.2) is 10.9 Å². The molecule has 0 aliphatic carbocycles. The van der Waals surface area contributed by atoms with Gasteiger partial charge in [0.2, 0.25) is 0 Å². The van der Waals surface area contributed by atoms with Crippen molar-refractivity contribution in [3.8, 4) is 0 Å². The van der Waals surface area contributed by atoms with Crippen LogP contribution in [0.3, 0.4) is 0 Å². The molecule has 0 bridgehead atoms. The van der Waals surface area contributed by atoms with Crippen LogP contribution in [0.15, 0.2) is 36.5 Å². The van der Waals surface area contributed by atoms with Gasteiger partial charge in [-0.05, 0) is 29.7 Å². The minimum Gasteiger partial charge on any atom is -0.322 e. The number of carbonyl (C=O) groups excluding carboxylic acids is 1. The van der Waals surface area contributed by atoms with Crippen molar-refractivity contribution in [2.24, 2.45) is 0 Å². The molecular weight excluding hydrogens is 295 g/mol. The molecule has 0 fully saturated rings. The summed E-state index contributed by atoms with van der Waals surface area (Å²) in [6.45, 7) is 4.20. The Morgan fingerprint density at radius 1 is 1.25 bits per heavy atom. The van der Waals surface area contributed by atoms with Crippen LogP contribution in [0.25, 0.3) is 0 Å². The summed E-state index contributed by atoms with van der Waals surface area (Å²) in [5.41, 5.74) is 2.19. The number of amides is 1. The monoisotopic (exact) mass is 308 g/mol. The summed E-state index contributed by atoms with van der Waals surface area (Å²) >= 11 is 11.7. The molecule has 2 aromatic rings. The molecule has 0 aliphatic heterocycles. The number of aromatic nitrogens is 1. The van der Waals surface area contributed by atoms with E-state index < -0.39 is 0 Å². The molecule has 0 aliphatic rings. The van der Waals surface area contributed by atoms with Crippen molar-refractivity contribution in [2.75, 3.05) is 5.32 Å². The summed E-state index contributed by atoms with van der Waals surface area (Å²) < 4.78 is 0. The molecule has 20 heavy (non-hydrogen) atoms. The van der Waals surface area contributed by atoms with E-state index in [-0.39, 0.29) is 16.1 Å². The van der Waals surface area contributed by atoms with E-state index in [1.54, 1.807) is 0 Å². The number of nitrogens with zero attached hydrogens (tertiary/aromatic N) is 1. The van der Waals surface area contributed by atoms with Crippen molar-refractivity contribution in [3.05, 3.63) is 57.8 Å². The van der Waals surface area contributed by atoms with Gasteiger partial charge in [0.05, 0.1) is 10.6 Å². The highest BCUT2D eigenvalue weighted by Crippen LogP contribution is 2.22. The molecular formula is C15H14Cl2N2O. The summed E-state index contributed by atoms with van der Waals surface area (Å²) in [5, 5.41) is 3.31. The predicted octanol–water partition coefficient (Wildman–Crippen LogP) is 4.76. The first-order valence-electron chi connectivity index (χ1n) is 6.19. The lowest BCUT2D eigenvalue weighted by Crippen LogP contribution is -2.13. The summed E-state index contributed by atoms with van der Waals surface area (Å²) in [6, 6.07) is 9.16. The second-order valence-corrected chi connectivity index (χ2v) is 5.52. The summed E-state index contributed by atoms with van der Waals surface area (Å²) in [7, 11) is 0. The maximum atomic E-state index is 12.2. The topological polar surface area (TPSA) is 42.0 Å². The Morgan fingerprint density at radius 2 is 2.00 bits per heavy atom. The van der Waals surface area contributed by atoms with E-state index in [2.05, 4.69) is 24.1 Å². The number of carbonyl (C=O) groups is 1. The average Bonchev–Trinajstić information content (AvgIpc) is 2.41. The van der Waals surface area contributed by atoms with Crippen LogP contribution in [-0.2, 0) is 0 Å². The Kier molecular flexibility index (Phi) is 4.63. The second-order valence-electron chi connectivity index (χ2n) is 4.72. The van der Waals surface area contributed by atoms with E-state index in [9.17, 15) is 4.79 Å². The number of nitrogens with one attached hydrogen (secondary N) is 1. The average molecular weight is 309 g/mol. The number of rotatable bonds is 3. The molecule has 1 heterocycles. The maximum Gasteiger partial charge on any atom is 0.257 e. The molecule has 0 radical (unpaired) electrons. The van der Waals surface area contributed by atoms with Crippen LogP contribution in [0.1, 0.15) is 35.7 Å². The minimum atomic E-state index is -0.305. The molecule has 0 atom stereocenters. The van der Waals surface area contributed by atoms with E-state index >= 15 is 0 Å². The Balaban J connectivity index is 2.23. The first kappa shape index (κ1) is 14.8. The highest BCUT2D eigenvalue weighted by molar-refractivity contribution is 6.35. The lowest BCUT2D eigenvalue weighted by molar-refractivity contribution is 0.102. The van der Waals surface area contributed by atoms with Crippen LogP contribution in [0.5, 0.6) is 0 Å². The maximum absolute atomic E-state index is 12.2. The van der Waals surface area contributed by atoms with Crippen LogP contribution in [0, 0.1) is 0 Å².